The van der Waals surface area contributed by atoms with Gasteiger partial charge in [-0.15, -0.1) is 0 Å². The fourth-order valence-corrected chi connectivity index (χ4v) is 2.69. The summed E-state index contributed by atoms with van der Waals surface area (Å²) in [5.41, 5.74) is 6.55. The van der Waals surface area contributed by atoms with Crippen LogP contribution in [0.3, 0.4) is 0 Å². The molecule has 0 radical (unpaired) electrons. The standard InChI is InChI=1S/C16H26N4O/c1-19-7-9-20(10-8-19)13-15(18-12-16(17)21)11-14-5-3-2-4-6-14/h2-6,15,18H,7-13H2,1H3,(H2,17,21). The first-order valence-corrected chi connectivity index (χ1v) is 7.60. The van der Waals surface area contributed by atoms with Gasteiger partial charge in [-0.25, -0.2) is 0 Å². The van der Waals surface area contributed by atoms with Gasteiger partial charge in [-0.3, -0.25) is 9.69 Å². The summed E-state index contributed by atoms with van der Waals surface area (Å²) in [6, 6.07) is 10.6. The minimum Gasteiger partial charge on any atom is -0.369 e. The number of nitrogens with two attached hydrogens (primary N) is 1. The van der Waals surface area contributed by atoms with Crippen LogP contribution < -0.4 is 11.1 Å². The number of amides is 1. The van der Waals surface area contributed by atoms with E-state index in [2.05, 4.69) is 46.4 Å². The Labute approximate surface area is 127 Å². The predicted molar refractivity (Wildman–Crippen MR) is 85.1 cm³/mol. The molecule has 1 amide bonds. The molecule has 1 aromatic rings. The zero-order valence-electron chi connectivity index (χ0n) is 12.8. The third kappa shape index (κ3) is 5.83. The second kappa shape index (κ2) is 8.12. The summed E-state index contributed by atoms with van der Waals surface area (Å²) in [5, 5.41) is 3.30. The quantitative estimate of drug-likeness (QED) is 0.737. The van der Waals surface area contributed by atoms with Gasteiger partial charge in [0.05, 0.1) is 6.54 Å². The molecule has 1 atom stereocenters. The predicted octanol–water partition coefficient (Wildman–Crippen LogP) is -0.0800. The molecule has 1 heterocycles. The molecule has 21 heavy (non-hydrogen) atoms. The molecule has 116 valence electrons. The molecule has 1 aromatic carbocycles. The highest BCUT2D eigenvalue weighted by Gasteiger charge is 2.18. The molecule has 1 fully saturated rings. The first kappa shape index (κ1) is 15.9. The van der Waals surface area contributed by atoms with Crippen LogP contribution in [0.25, 0.3) is 0 Å². The third-order valence-electron chi connectivity index (χ3n) is 3.96. The van der Waals surface area contributed by atoms with E-state index in [4.69, 9.17) is 5.73 Å². The summed E-state index contributed by atoms with van der Waals surface area (Å²) >= 11 is 0. The minimum atomic E-state index is -0.300. The van der Waals surface area contributed by atoms with Crippen molar-refractivity contribution in [3.05, 3.63) is 35.9 Å². The van der Waals surface area contributed by atoms with Crippen molar-refractivity contribution < 1.29 is 4.79 Å². The number of likely N-dealkylation sites (N-methyl/N-ethyl adjacent to an activating group) is 1. The smallest absolute Gasteiger partial charge is 0.231 e. The van der Waals surface area contributed by atoms with Gasteiger partial charge in [0, 0.05) is 38.8 Å². The summed E-state index contributed by atoms with van der Waals surface area (Å²) in [6.45, 7) is 5.57. The maximum Gasteiger partial charge on any atom is 0.231 e. The molecule has 1 unspecified atom stereocenters. The van der Waals surface area contributed by atoms with Crippen LogP contribution in [0, 0.1) is 0 Å². The Hall–Kier alpha value is -1.43. The van der Waals surface area contributed by atoms with Crippen molar-refractivity contribution in [3.8, 4) is 0 Å². The fraction of sp³-hybridized carbons (Fsp3) is 0.562. The van der Waals surface area contributed by atoms with Crippen molar-refractivity contribution >= 4 is 5.91 Å². The number of primary amides is 1. The molecule has 1 aliphatic rings. The molecule has 5 nitrogen and oxygen atoms in total. The number of nitrogens with one attached hydrogen (secondary N) is 1. The summed E-state index contributed by atoms with van der Waals surface area (Å²) in [5.74, 6) is -0.300. The van der Waals surface area contributed by atoms with E-state index in [9.17, 15) is 4.79 Å². The number of hydrogen-bond acceptors (Lipinski definition) is 4. The molecule has 0 aliphatic carbocycles. The molecule has 2 rings (SSSR count). The molecule has 1 aliphatic heterocycles. The average molecular weight is 290 g/mol. The summed E-state index contributed by atoms with van der Waals surface area (Å²) in [4.78, 5) is 15.8. The van der Waals surface area contributed by atoms with E-state index < -0.39 is 0 Å². The second-order valence-electron chi connectivity index (χ2n) is 5.84. The van der Waals surface area contributed by atoms with Crippen LogP contribution in [0.1, 0.15) is 5.56 Å². The van der Waals surface area contributed by atoms with Gasteiger partial charge in [-0.2, -0.15) is 0 Å². The lowest BCUT2D eigenvalue weighted by atomic mass is 10.0. The average Bonchev–Trinajstić information content (AvgIpc) is 2.48. The normalized spacial score (nSPS) is 18.5. The van der Waals surface area contributed by atoms with Crippen molar-refractivity contribution in [2.45, 2.75) is 12.5 Å². The van der Waals surface area contributed by atoms with E-state index in [0.29, 0.717) is 0 Å². The van der Waals surface area contributed by atoms with Gasteiger partial charge in [-0.05, 0) is 19.0 Å². The van der Waals surface area contributed by atoms with E-state index in [0.717, 1.165) is 39.1 Å². The summed E-state index contributed by atoms with van der Waals surface area (Å²) < 4.78 is 0. The molecular formula is C16H26N4O. The van der Waals surface area contributed by atoms with Crippen molar-refractivity contribution in [1.29, 1.82) is 0 Å². The van der Waals surface area contributed by atoms with Crippen LogP contribution >= 0.6 is 0 Å². The van der Waals surface area contributed by atoms with Crippen LogP contribution in [-0.2, 0) is 11.2 Å². The Morgan fingerprint density at radius 1 is 1.24 bits per heavy atom. The first-order valence-electron chi connectivity index (χ1n) is 7.60. The van der Waals surface area contributed by atoms with Gasteiger partial charge < -0.3 is 16.0 Å². The van der Waals surface area contributed by atoms with Gasteiger partial charge in [0.1, 0.15) is 0 Å². The number of rotatable bonds is 7. The van der Waals surface area contributed by atoms with Crippen LogP contribution in [0.15, 0.2) is 30.3 Å². The Morgan fingerprint density at radius 2 is 1.90 bits per heavy atom. The molecule has 0 aromatic heterocycles. The maximum absolute atomic E-state index is 11.0. The Balaban J connectivity index is 1.90. The van der Waals surface area contributed by atoms with Crippen LogP contribution in [-0.4, -0.2) is 68.1 Å². The van der Waals surface area contributed by atoms with Gasteiger partial charge in [-0.1, -0.05) is 30.3 Å². The topological polar surface area (TPSA) is 61.6 Å². The largest absolute Gasteiger partial charge is 0.369 e. The lowest BCUT2D eigenvalue weighted by molar-refractivity contribution is -0.117. The molecule has 3 N–H and O–H groups in total. The summed E-state index contributed by atoms with van der Waals surface area (Å²) in [6.07, 6.45) is 0.917. The van der Waals surface area contributed by atoms with Crippen molar-refractivity contribution in [2.75, 3.05) is 46.3 Å². The highest BCUT2D eigenvalue weighted by Crippen LogP contribution is 2.07. The number of benzene rings is 1. The number of nitrogens with zero attached hydrogens (tertiary/aromatic N) is 2. The highest BCUT2D eigenvalue weighted by atomic mass is 16.1. The number of carbonyl (C=O) groups is 1. The molecule has 5 heteroatoms. The van der Waals surface area contributed by atoms with Crippen LogP contribution in [0.2, 0.25) is 0 Å². The SMILES string of the molecule is CN1CCN(CC(Cc2ccccc2)NCC(N)=O)CC1. The van der Waals surface area contributed by atoms with E-state index in [1.165, 1.54) is 5.56 Å². The molecule has 0 saturated carbocycles. The Morgan fingerprint density at radius 3 is 2.52 bits per heavy atom. The molecule has 0 spiro atoms. The lowest BCUT2D eigenvalue weighted by Crippen LogP contribution is -2.51. The first-order chi connectivity index (χ1) is 10.1. The highest BCUT2D eigenvalue weighted by molar-refractivity contribution is 5.75. The number of hydrogen-bond donors (Lipinski definition) is 2. The van der Waals surface area contributed by atoms with Crippen molar-refractivity contribution in [1.82, 2.24) is 15.1 Å². The van der Waals surface area contributed by atoms with E-state index >= 15 is 0 Å². The van der Waals surface area contributed by atoms with Gasteiger partial charge >= 0.3 is 0 Å². The molecular weight excluding hydrogens is 264 g/mol. The van der Waals surface area contributed by atoms with Gasteiger partial charge in [0.2, 0.25) is 5.91 Å². The Kier molecular flexibility index (Phi) is 6.17. The number of piperazine rings is 1. The van der Waals surface area contributed by atoms with Gasteiger partial charge in [0.25, 0.3) is 0 Å². The van der Waals surface area contributed by atoms with Crippen LogP contribution in [0.4, 0.5) is 0 Å². The second-order valence-corrected chi connectivity index (χ2v) is 5.84. The van der Waals surface area contributed by atoms with E-state index in [1.54, 1.807) is 0 Å². The van der Waals surface area contributed by atoms with E-state index in [1.807, 2.05) is 6.07 Å². The number of carbonyl (C=O) groups excluding carboxylic acids is 1. The maximum atomic E-state index is 11.0. The Bertz CT molecular complexity index is 429. The lowest BCUT2D eigenvalue weighted by Gasteiger charge is -2.35. The molecule has 0 bridgehead atoms. The molecule has 1 saturated heterocycles. The van der Waals surface area contributed by atoms with Crippen LogP contribution in [0.5, 0.6) is 0 Å². The zero-order valence-corrected chi connectivity index (χ0v) is 12.8. The zero-order chi connectivity index (χ0) is 15.1. The monoisotopic (exact) mass is 290 g/mol. The van der Waals surface area contributed by atoms with E-state index in [-0.39, 0.29) is 18.5 Å². The third-order valence-corrected chi connectivity index (χ3v) is 3.96. The fourth-order valence-electron chi connectivity index (χ4n) is 2.69. The van der Waals surface area contributed by atoms with Gasteiger partial charge in [0.15, 0.2) is 0 Å². The van der Waals surface area contributed by atoms with Crippen molar-refractivity contribution in [3.63, 3.8) is 0 Å². The van der Waals surface area contributed by atoms with Crippen molar-refractivity contribution in [2.24, 2.45) is 5.73 Å². The minimum absolute atomic E-state index is 0.241. The summed E-state index contributed by atoms with van der Waals surface area (Å²) in [7, 11) is 2.16.